The lowest BCUT2D eigenvalue weighted by molar-refractivity contribution is -0.115. The van der Waals surface area contributed by atoms with Crippen LogP contribution in [0, 0.1) is 0 Å². The van der Waals surface area contributed by atoms with E-state index in [1.54, 1.807) is 24.3 Å². The molecule has 0 atom stereocenters. The number of carbonyl (C=O) groups is 2. The van der Waals surface area contributed by atoms with E-state index in [4.69, 9.17) is 32.7 Å². The number of benzene rings is 2. The van der Waals surface area contributed by atoms with Crippen molar-refractivity contribution in [2.45, 2.75) is 0 Å². The van der Waals surface area contributed by atoms with Gasteiger partial charge in [-0.2, -0.15) is 0 Å². The molecule has 2 N–H and O–H groups in total. The van der Waals surface area contributed by atoms with Crippen molar-refractivity contribution >= 4 is 40.7 Å². The molecular weight excluding hydrogens is 367 g/mol. The van der Waals surface area contributed by atoms with E-state index in [-0.39, 0.29) is 6.54 Å². The minimum Gasteiger partial charge on any atom is -0.493 e. The fourth-order valence-corrected chi connectivity index (χ4v) is 2.32. The first-order valence-corrected chi connectivity index (χ1v) is 7.95. The quantitative estimate of drug-likeness (QED) is 0.802. The van der Waals surface area contributed by atoms with E-state index in [2.05, 4.69) is 10.6 Å². The Bertz CT molecular complexity index is 796. The van der Waals surface area contributed by atoms with Gasteiger partial charge < -0.3 is 20.1 Å². The number of ether oxygens (including phenoxy) is 2. The molecule has 0 unspecified atom stereocenters. The molecule has 2 amide bonds. The molecule has 0 aliphatic carbocycles. The van der Waals surface area contributed by atoms with Crippen molar-refractivity contribution in [3.63, 3.8) is 0 Å². The zero-order chi connectivity index (χ0) is 18.4. The zero-order valence-electron chi connectivity index (χ0n) is 13.6. The van der Waals surface area contributed by atoms with Crippen LogP contribution in [0.15, 0.2) is 36.4 Å². The fourth-order valence-electron chi connectivity index (χ4n) is 2.02. The standard InChI is InChI=1S/C17H16Cl2N2O4/c1-24-14-6-3-10(7-15(14)25-2)17(23)20-9-16(22)21-11-4-5-12(18)13(19)8-11/h3-8H,9H2,1-2H3,(H,20,23)(H,21,22). The van der Waals surface area contributed by atoms with Gasteiger partial charge in [0, 0.05) is 11.3 Å². The third-order valence-electron chi connectivity index (χ3n) is 3.26. The van der Waals surface area contributed by atoms with E-state index < -0.39 is 11.8 Å². The molecule has 0 heterocycles. The van der Waals surface area contributed by atoms with Crippen molar-refractivity contribution < 1.29 is 19.1 Å². The van der Waals surface area contributed by atoms with Crippen LogP contribution in [0.25, 0.3) is 0 Å². The average molecular weight is 383 g/mol. The van der Waals surface area contributed by atoms with E-state index in [1.165, 1.54) is 26.4 Å². The largest absolute Gasteiger partial charge is 0.493 e. The lowest BCUT2D eigenvalue weighted by Gasteiger charge is -2.10. The second-order valence-electron chi connectivity index (χ2n) is 4.93. The smallest absolute Gasteiger partial charge is 0.251 e. The highest BCUT2D eigenvalue weighted by Crippen LogP contribution is 2.27. The van der Waals surface area contributed by atoms with Gasteiger partial charge in [0.25, 0.3) is 5.91 Å². The number of hydrogen-bond acceptors (Lipinski definition) is 4. The molecule has 0 spiro atoms. The molecule has 0 fully saturated rings. The third kappa shape index (κ3) is 5.01. The second-order valence-corrected chi connectivity index (χ2v) is 5.74. The fraction of sp³-hybridized carbons (Fsp3) is 0.176. The Morgan fingerprint density at radius 3 is 2.32 bits per heavy atom. The third-order valence-corrected chi connectivity index (χ3v) is 4.00. The summed E-state index contributed by atoms with van der Waals surface area (Å²) in [6.07, 6.45) is 0. The summed E-state index contributed by atoms with van der Waals surface area (Å²) < 4.78 is 10.3. The molecule has 2 aromatic rings. The summed E-state index contributed by atoms with van der Waals surface area (Å²) >= 11 is 11.7. The first-order valence-electron chi connectivity index (χ1n) is 7.19. The van der Waals surface area contributed by atoms with Gasteiger partial charge in [-0.25, -0.2) is 0 Å². The summed E-state index contributed by atoms with van der Waals surface area (Å²) in [5, 5.41) is 5.86. The number of anilines is 1. The first-order chi connectivity index (χ1) is 11.9. The monoisotopic (exact) mass is 382 g/mol. The highest BCUT2D eigenvalue weighted by Gasteiger charge is 2.12. The van der Waals surface area contributed by atoms with Gasteiger partial charge in [-0.1, -0.05) is 23.2 Å². The number of nitrogens with one attached hydrogen (secondary N) is 2. The molecule has 2 aromatic carbocycles. The van der Waals surface area contributed by atoms with Gasteiger partial charge in [0.05, 0.1) is 30.8 Å². The summed E-state index contributed by atoms with van der Waals surface area (Å²) in [7, 11) is 2.98. The van der Waals surface area contributed by atoms with Crippen LogP contribution in [0.1, 0.15) is 10.4 Å². The first kappa shape index (κ1) is 18.9. The van der Waals surface area contributed by atoms with Crippen LogP contribution >= 0.6 is 23.2 Å². The van der Waals surface area contributed by atoms with Gasteiger partial charge in [0.15, 0.2) is 11.5 Å². The number of amides is 2. The molecule has 0 saturated heterocycles. The summed E-state index contributed by atoms with van der Waals surface area (Å²) in [6.45, 7) is -0.201. The maximum atomic E-state index is 12.1. The number of halogens is 2. The highest BCUT2D eigenvalue weighted by molar-refractivity contribution is 6.42. The van der Waals surface area contributed by atoms with Crippen molar-refractivity contribution in [3.05, 3.63) is 52.0 Å². The van der Waals surface area contributed by atoms with E-state index in [0.29, 0.717) is 32.8 Å². The van der Waals surface area contributed by atoms with E-state index in [0.717, 1.165) is 0 Å². The molecule has 0 bridgehead atoms. The highest BCUT2D eigenvalue weighted by atomic mass is 35.5. The molecule has 0 aliphatic heterocycles. The molecule has 2 rings (SSSR count). The van der Waals surface area contributed by atoms with E-state index in [9.17, 15) is 9.59 Å². The molecule has 0 aliphatic rings. The second kappa shape index (κ2) is 8.60. The minimum atomic E-state index is -0.412. The Labute approximate surface area is 155 Å². The summed E-state index contributed by atoms with van der Waals surface area (Å²) in [4.78, 5) is 24.1. The van der Waals surface area contributed by atoms with Gasteiger partial charge in [-0.15, -0.1) is 0 Å². The van der Waals surface area contributed by atoms with Crippen LogP contribution in [0.5, 0.6) is 11.5 Å². The topological polar surface area (TPSA) is 76.7 Å². The van der Waals surface area contributed by atoms with E-state index >= 15 is 0 Å². The van der Waals surface area contributed by atoms with Crippen LogP contribution in [0.3, 0.4) is 0 Å². The van der Waals surface area contributed by atoms with Gasteiger partial charge in [0.2, 0.25) is 5.91 Å². The predicted octanol–water partition coefficient (Wildman–Crippen LogP) is 3.38. The molecule has 25 heavy (non-hydrogen) atoms. The molecule has 132 valence electrons. The van der Waals surface area contributed by atoms with Gasteiger partial charge in [-0.3, -0.25) is 9.59 Å². The van der Waals surface area contributed by atoms with Crippen molar-refractivity contribution in [1.82, 2.24) is 5.32 Å². The summed E-state index contributed by atoms with van der Waals surface area (Å²) in [5.41, 5.74) is 0.833. The van der Waals surface area contributed by atoms with Crippen molar-refractivity contribution in [2.24, 2.45) is 0 Å². The van der Waals surface area contributed by atoms with Crippen LogP contribution in [0.2, 0.25) is 10.0 Å². The Kier molecular flexibility index (Phi) is 6.50. The van der Waals surface area contributed by atoms with E-state index in [1.807, 2.05) is 0 Å². The summed E-state index contributed by atoms with van der Waals surface area (Å²) in [6, 6.07) is 9.43. The van der Waals surface area contributed by atoms with Gasteiger partial charge >= 0.3 is 0 Å². The molecule has 0 saturated carbocycles. The van der Waals surface area contributed by atoms with Crippen molar-refractivity contribution in [3.8, 4) is 11.5 Å². The van der Waals surface area contributed by atoms with Crippen LogP contribution in [-0.4, -0.2) is 32.6 Å². The van der Waals surface area contributed by atoms with Crippen molar-refractivity contribution in [1.29, 1.82) is 0 Å². The Hall–Kier alpha value is -2.44. The Morgan fingerprint density at radius 2 is 1.68 bits per heavy atom. The molecular formula is C17H16Cl2N2O4. The summed E-state index contributed by atoms with van der Waals surface area (Å²) in [5.74, 6) is 0.129. The molecule has 6 nitrogen and oxygen atoms in total. The normalized spacial score (nSPS) is 10.1. The Balaban J connectivity index is 1.94. The number of hydrogen-bond donors (Lipinski definition) is 2. The maximum Gasteiger partial charge on any atom is 0.251 e. The van der Waals surface area contributed by atoms with Crippen molar-refractivity contribution in [2.75, 3.05) is 26.1 Å². The van der Waals surface area contributed by atoms with Gasteiger partial charge in [-0.05, 0) is 36.4 Å². The van der Waals surface area contributed by atoms with Gasteiger partial charge in [0.1, 0.15) is 0 Å². The lowest BCUT2D eigenvalue weighted by atomic mass is 10.2. The van der Waals surface area contributed by atoms with Crippen LogP contribution < -0.4 is 20.1 Å². The van der Waals surface area contributed by atoms with Crippen LogP contribution in [-0.2, 0) is 4.79 Å². The number of methoxy groups -OCH3 is 2. The van der Waals surface area contributed by atoms with Crippen LogP contribution in [0.4, 0.5) is 5.69 Å². The number of carbonyl (C=O) groups excluding carboxylic acids is 2. The molecule has 0 aromatic heterocycles. The molecule has 0 radical (unpaired) electrons. The average Bonchev–Trinajstić information content (AvgIpc) is 2.62. The number of rotatable bonds is 6. The SMILES string of the molecule is COc1ccc(C(=O)NCC(=O)Nc2ccc(Cl)c(Cl)c2)cc1OC. The lowest BCUT2D eigenvalue weighted by Crippen LogP contribution is -2.32. The predicted molar refractivity (Wildman–Crippen MR) is 97.0 cm³/mol. The minimum absolute atomic E-state index is 0.201. The Morgan fingerprint density at radius 1 is 0.960 bits per heavy atom. The maximum absolute atomic E-state index is 12.1. The molecule has 8 heteroatoms. The zero-order valence-corrected chi connectivity index (χ0v) is 15.1.